The zero-order valence-electron chi connectivity index (χ0n) is 26.2. The predicted molar refractivity (Wildman–Crippen MR) is 183 cm³/mol. The molecule has 0 aliphatic carbocycles. The summed E-state index contributed by atoms with van der Waals surface area (Å²) in [6.45, 7) is 6.49. The van der Waals surface area contributed by atoms with E-state index in [9.17, 15) is 14.4 Å². The van der Waals surface area contributed by atoms with Crippen LogP contribution in [0.1, 0.15) is 60.2 Å². The lowest BCUT2D eigenvalue weighted by Gasteiger charge is -2.18. The second kappa shape index (κ2) is 14.1. The van der Waals surface area contributed by atoms with E-state index in [0.29, 0.717) is 17.7 Å². The van der Waals surface area contributed by atoms with E-state index < -0.39 is 11.9 Å². The summed E-state index contributed by atoms with van der Waals surface area (Å²) in [6, 6.07) is 32.5. The van der Waals surface area contributed by atoms with E-state index in [-0.39, 0.29) is 30.2 Å². The van der Waals surface area contributed by atoms with Crippen LogP contribution in [-0.4, -0.2) is 29.4 Å². The van der Waals surface area contributed by atoms with E-state index in [1.165, 1.54) is 0 Å². The maximum Gasteiger partial charge on any atom is 0.305 e. The molecule has 7 nitrogen and oxygen atoms in total. The molecule has 0 bridgehead atoms. The number of amides is 2. The van der Waals surface area contributed by atoms with Crippen LogP contribution in [0.4, 0.5) is 5.69 Å². The number of fused-ring (bicyclic) bond motifs is 1. The molecular weight excluding hydrogens is 576 g/mol. The highest BCUT2D eigenvalue weighted by molar-refractivity contribution is 5.97. The van der Waals surface area contributed by atoms with Crippen molar-refractivity contribution in [2.24, 2.45) is 5.41 Å². The van der Waals surface area contributed by atoms with E-state index in [2.05, 4.69) is 43.6 Å². The molecule has 3 N–H and O–H groups in total. The van der Waals surface area contributed by atoms with Gasteiger partial charge in [0.1, 0.15) is 11.3 Å². The molecule has 1 unspecified atom stereocenters. The van der Waals surface area contributed by atoms with Gasteiger partial charge in [-0.05, 0) is 77.1 Å². The van der Waals surface area contributed by atoms with Crippen molar-refractivity contribution in [3.05, 3.63) is 131 Å². The first-order valence-corrected chi connectivity index (χ1v) is 15.3. The Hall–Kier alpha value is -5.43. The lowest BCUT2D eigenvalue weighted by atomic mass is 9.89. The number of benzene rings is 4. The summed E-state index contributed by atoms with van der Waals surface area (Å²) in [6.07, 6.45) is 4.51. The first-order chi connectivity index (χ1) is 22.0. The van der Waals surface area contributed by atoms with Gasteiger partial charge in [-0.25, -0.2) is 0 Å². The van der Waals surface area contributed by atoms with Crippen molar-refractivity contribution < 1.29 is 23.9 Å². The van der Waals surface area contributed by atoms with Crippen LogP contribution < -0.4 is 10.6 Å². The lowest BCUT2D eigenvalue weighted by molar-refractivity contribution is -0.136. The number of allylic oxidation sites excluding steroid dienone is 1. The zero-order chi connectivity index (χ0) is 32.7. The number of carboxylic acid groups (broad SMARTS) is 1. The largest absolute Gasteiger partial charge is 0.481 e. The van der Waals surface area contributed by atoms with Gasteiger partial charge in [-0.2, -0.15) is 0 Å². The molecular formula is C39H38N2O5. The SMILES string of the molecule is CC(C)(C)/C=C/c1ccc(C(Cc2ccc(C(=O)NCCC(=O)O)cc2)C(=O)Nc2ccc(-c3cc4ccccc4o3)cc2)cc1. The van der Waals surface area contributed by atoms with E-state index >= 15 is 0 Å². The number of hydrogen-bond donors (Lipinski definition) is 3. The summed E-state index contributed by atoms with van der Waals surface area (Å²) in [5.41, 5.74) is 5.71. The van der Waals surface area contributed by atoms with Crippen molar-refractivity contribution in [1.29, 1.82) is 0 Å². The van der Waals surface area contributed by atoms with Gasteiger partial charge in [0.15, 0.2) is 0 Å². The molecule has 2 amide bonds. The smallest absolute Gasteiger partial charge is 0.305 e. The summed E-state index contributed by atoms with van der Waals surface area (Å²) in [7, 11) is 0. The highest BCUT2D eigenvalue weighted by atomic mass is 16.4. The minimum absolute atomic E-state index is 0.0539. The molecule has 0 saturated carbocycles. The maximum atomic E-state index is 13.8. The standard InChI is InChI=1S/C39H38N2O5/c1-39(2,3)22-20-26-8-12-28(13-9-26)33(24-27-10-14-30(15-11-27)37(44)40-23-21-36(42)43)38(45)41-32-18-16-29(17-19-32)35-25-31-6-4-5-7-34(31)46-35/h4-20,22,25,33H,21,23-24H2,1-3H3,(H,40,44)(H,41,45)(H,42,43)/b22-20+. The first-order valence-electron chi connectivity index (χ1n) is 15.3. The van der Waals surface area contributed by atoms with Gasteiger partial charge in [0.2, 0.25) is 5.91 Å². The molecule has 0 radical (unpaired) electrons. The molecule has 234 valence electrons. The fourth-order valence-electron chi connectivity index (χ4n) is 5.03. The third-order valence-corrected chi connectivity index (χ3v) is 7.57. The van der Waals surface area contributed by atoms with Gasteiger partial charge in [0.25, 0.3) is 5.91 Å². The molecule has 0 spiro atoms. The van der Waals surface area contributed by atoms with Gasteiger partial charge < -0.3 is 20.2 Å². The molecule has 7 heteroatoms. The highest BCUT2D eigenvalue weighted by Crippen LogP contribution is 2.30. The Kier molecular flexibility index (Phi) is 9.82. The van der Waals surface area contributed by atoms with Crippen LogP contribution in [0, 0.1) is 5.41 Å². The Morgan fingerprint density at radius 2 is 1.57 bits per heavy atom. The topological polar surface area (TPSA) is 109 Å². The first kappa shape index (κ1) is 32.0. The minimum atomic E-state index is -0.972. The number of anilines is 1. The molecule has 0 saturated heterocycles. The lowest BCUT2D eigenvalue weighted by Crippen LogP contribution is -2.26. The maximum absolute atomic E-state index is 13.8. The number of aliphatic carboxylic acids is 1. The van der Waals surface area contributed by atoms with Crippen molar-refractivity contribution >= 4 is 40.5 Å². The van der Waals surface area contributed by atoms with Crippen LogP contribution >= 0.6 is 0 Å². The van der Waals surface area contributed by atoms with Gasteiger partial charge >= 0.3 is 5.97 Å². The highest BCUT2D eigenvalue weighted by Gasteiger charge is 2.22. The number of para-hydroxylation sites is 1. The summed E-state index contributed by atoms with van der Waals surface area (Å²) >= 11 is 0. The molecule has 0 aliphatic heterocycles. The Bertz CT molecular complexity index is 1810. The van der Waals surface area contributed by atoms with Gasteiger partial charge in [-0.3, -0.25) is 14.4 Å². The van der Waals surface area contributed by atoms with Crippen LogP contribution in [0.2, 0.25) is 0 Å². The van der Waals surface area contributed by atoms with Crippen molar-refractivity contribution in [3.63, 3.8) is 0 Å². The average molecular weight is 615 g/mol. The van der Waals surface area contributed by atoms with Crippen LogP contribution in [0.3, 0.4) is 0 Å². The molecule has 46 heavy (non-hydrogen) atoms. The van der Waals surface area contributed by atoms with Crippen molar-refractivity contribution in [3.8, 4) is 11.3 Å². The minimum Gasteiger partial charge on any atom is -0.481 e. The van der Waals surface area contributed by atoms with Crippen LogP contribution in [0.15, 0.2) is 114 Å². The van der Waals surface area contributed by atoms with Gasteiger partial charge in [-0.1, -0.05) is 87.5 Å². The summed E-state index contributed by atoms with van der Waals surface area (Å²) in [4.78, 5) is 37.0. The van der Waals surface area contributed by atoms with Crippen molar-refractivity contribution in [2.45, 2.75) is 39.5 Å². The van der Waals surface area contributed by atoms with Crippen LogP contribution in [-0.2, 0) is 16.0 Å². The molecule has 4 aromatic carbocycles. The molecule has 0 fully saturated rings. The Morgan fingerprint density at radius 1 is 0.870 bits per heavy atom. The number of furan rings is 1. The summed E-state index contributed by atoms with van der Waals surface area (Å²) in [5.74, 6) is -1.19. The quantitative estimate of drug-likeness (QED) is 0.139. The number of nitrogens with one attached hydrogen (secondary N) is 2. The Morgan fingerprint density at radius 3 is 2.22 bits per heavy atom. The Labute approximate surface area is 269 Å². The number of carbonyl (C=O) groups is 3. The van der Waals surface area contributed by atoms with Crippen molar-refractivity contribution in [2.75, 3.05) is 11.9 Å². The van der Waals surface area contributed by atoms with Gasteiger partial charge in [0, 0.05) is 28.7 Å². The monoisotopic (exact) mass is 614 g/mol. The predicted octanol–water partition coefficient (Wildman–Crippen LogP) is 8.33. The van der Waals surface area contributed by atoms with Crippen LogP contribution in [0.25, 0.3) is 28.4 Å². The second-order valence-corrected chi connectivity index (χ2v) is 12.4. The van der Waals surface area contributed by atoms with Crippen LogP contribution in [0.5, 0.6) is 0 Å². The van der Waals surface area contributed by atoms with Gasteiger partial charge in [-0.15, -0.1) is 0 Å². The third kappa shape index (κ3) is 8.60. The molecule has 5 aromatic rings. The van der Waals surface area contributed by atoms with Crippen molar-refractivity contribution in [1.82, 2.24) is 5.32 Å². The summed E-state index contributed by atoms with van der Waals surface area (Å²) in [5, 5.41) is 15.6. The van der Waals surface area contributed by atoms with E-state index in [1.54, 1.807) is 12.1 Å². The fraction of sp³-hybridized carbons (Fsp3) is 0.205. The number of hydrogen-bond acceptors (Lipinski definition) is 4. The zero-order valence-corrected chi connectivity index (χ0v) is 26.2. The molecule has 1 heterocycles. The molecule has 0 aliphatic rings. The number of rotatable bonds is 11. The summed E-state index contributed by atoms with van der Waals surface area (Å²) < 4.78 is 5.99. The van der Waals surface area contributed by atoms with E-state index in [4.69, 9.17) is 9.52 Å². The number of carboxylic acids is 1. The van der Waals surface area contributed by atoms with Gasteiger partial charge in [0.05, 0.1) is 12.3 Å². The van der Waals surface area contributed by atoms with E-state index in [0.717, 1.165) is 39.0 Å². The normalized spacial score (nSPS) is 12.2. The fourth-order valence-corrected chi connectivity index (χ4v) is 5.03. The molecule has 1 atom stereocenters. The second-order valence-electron chi connectivity index (χ2n) is 12.4. The number of carbonyl (C=O) groups excluding carboxylic acids is 2. The average Bonchev–Trinajstić information content (AvgIpc) is 3.47. The third-order valence-electron chi connectivity index (χ3n) is 7.57. The molecule has 1 aromatic heterocycles. The Balaban J connectivity index is 1.34. The molecule has 5 rings (SSSR count). The van der Waals surface area contributed by atoms with E-state index in [1.807, 2.05) is 91.0 Å².